The first-order chi connectivity index (χ1) is 12.2. The number of ether oxygens (including phenoxy) is 2. The Labute approximate surface area is 150 Å². The highest BCUT2D eigenvalue weighted by molar-refractivity contribution is 5.23. The maximum Gasteiger partial charge on any atom is 0.183 e. The molecule has 0 aromatic heterocycles. The van der Waals surface area contributed by atoms with Gasteiger partial charge < -0.3 is 9.47 Å². The van der Waals surface area contributed by atoms with Crippen LogP contribution in [0.3, 0.4) is 0 Å². The Morgan fingerprint density at radius 3 is 2.48 bits per heavy atom. The third kappa shape index (κ3) is 5.52. The summed E-state index contributed by atoms with van der Waals surface area (Å²) in [5.41, 5.74) is 2.42. The van der Waals surface area contributed by atoms with Gasteiger partial charge in [-0.25, -0.2) is 4.39 Å². The van der Waals surface area contributed by atoms with Crippen LogP contribution in [0.5, 0.6) is 0 Å². The Hall–Kier alpha value is -1.45. The first-order valence-corrected chi connectivity index (χ1v) is 9.52. The van der Waals surface area contributed by atoms with E-state index in [4.69, 9.17) is 9.47 Å². The Balaban J connectivity index is 1.44. The molecular weight excluding hydrogens is 315 g/mol. The molecule has 0 radical (unpaired) electrons. The highest BCUT2D eigenvalue weighted by Gasteiger charge is 2.23. The second-order valence-corrected chi connectivity index (χ2v) is 7.30. The monoisotopic (exact) mass is 344 g/mol. The van der Waals surface area contributed by atoms with Crippen molar-refractivity contribution < 1.29 is 13.9 Å². The van der Waals surface area contributed by atoms with Crippen LogP contribution in [0.4, 0.5) is 4.39 Å². The summed E-state index contributed by atoms with van der Waals surface area (Å²) in [6, 6.07) is 8.57. The SMILES string of the molecule is C=CCCC1COC(c2ccc(CCC3CC=C(F)CC3)cc2)OC1. The number of aryl methyl sites for hydroxylation is 1. The predicted molar refractivity (Wildman–Crippen MR) is 98.9 cm³/mol. The van der Waals surface area contributed by atoms with Gasteiger partial charge in [-0.15, -0.1) is 6.58 Å². The Morgan fingerprint density at radius 2 is 1.84 bits per heavy atom. The summed E-state index contributed by atoms with van der Waals surface area (Å²) >= 11 is 0. The first-order valence-electron chi connectivity index (χ1n) is 9.52. The maximum absolute atomic E-state index is 13.1. The van der Waals surface area contributed by atoms with E-state index in [9.17, 15) is 4.39 Å². The zero-order valence-corrected chi connectivity index (χ0v) is 15.0. The molecule has 1 unspecified atom stereocenters. The summed E-state index contributed by atoms with van der Waals surface area (Å²) in [7, 11) is 0. The van der Waals surface area contributed by atoms with Gasteiger partial charge in [0.1, 0.15) is 0 Å². The summed E-state index contributed by atoms with van der Waals surface area (Å²) in [4.78, 5) is 0. The standard InChI is InChI=1S/C22H29FO2/c1-2-3-4-19-15-24-22(25-16-19)20-11-7-17(8-12-20)5-6-18-9-13-21(23)14-10-18/h2,7-8,11-13,18-19,22H,1,3-6,9-10,14-16H2. The lowest BCUT2D eigenvalue weighted by Crippen LogP contribution is -2.27. The second-order valence-electron chi connectivity index (χ2n) is 7.30. The summed E-state index contributed by atoms with van der Waals surface area (Å²) < 4.78 is 24.8. The molecule has 0 amide bonds. The van der Waals surface area contributed by atoms with E-state index in [-0.39, 0.29) is 12.1 Å². The Kier molecular flexibility index (Phi) is 6.83. The van der Waals surface area contributed by atoms with Crippen LogP contribution in [0.15, 0.2) is 48.8 Å². The third-order valence-electron chi connectivity index (χ3n) is 5.30. The molecule has 1 fully saturated rings. The van der Waals surface area contributed by atoms with Gasteiger partial charge in [-0.05, 0) is 56.4 Å². The molecule has 1 heterocycles. The molecule has 0 N–H and O–H groups in total. The van der Waals surface area contributed by atoms with Crippen molar-refractivity contribution in [1.29, 1.82) is 0 Å². The van der Waals surface area contributed by atoms with Crippen molar-refractivity contribution in [3.05, 3.63) is 60.0 Å². The molecule has 1 aliphatic heterocycles. The number of rotatable bonds is 7. The van der Waals surface area contributed by atoms with Crippen LogP contribution in [0.25, 0.3) is 0 Å². The van der Waals surface area contributed by atoms with Gasteiger partial charge in [0.2, 0.25) is 0 Å². The number of benzene rings is 1. The van der Waals surface area contributed by atoms with Crippen molar-refractivity contribution in [1.82, 2.24) is 0 Å². The van der Waals surface area contributed by atoms with Crippen LogP contribution in [-0.4, -0.2) is 13.2 Å². The van der Waals surface area contributed by atoms with E-state index in [0.29, 0.717) is 18.3 Å². The molecule has 0 spiro atoms. The van der Waals surface area contributed by atoms with Crippen molar-refractivity contribution in [2.75, 3.05) is 13.2 Å². The van der Waals surface area contributed by atoms with Gasteiger partial charge in [0, 0.05) is 11.5 Å². The fourth-order valence-corrected chi connectivity index (χ4v) is 3.59. The van der Waals surface area contributed by atoms with E-state index >= 15 is 0 Å². The summed E-state index contributed by atoms with van der Waals surface area (Å²) in [5, 5.41) is 0. The average Bonchev–Trinajstić information content (AvgIpc) is 2.67. The topological polar surface area (TPSA) is 18.5 Å². The molecule has 3 heteroatoms. The first kappa shape index (κ1) is 18.3. The van der Waals surface area contributed by atoms with Crippen LogP contribution in [0.1, 0.15) is 55.9 Å². The molecule has 2 nitrogen and oxygen atoms in total. The zero-order valence-electron chi connectivity index (χ0n) is 15.0. The molecular formula is C22H29FO2. The lowest BCUT2D eigenvalue weighted by Gasteiger charge is -2.29. The smallest absolute Gasteiger partial charge is 0.183 e. The van der Waals surface area contributed by atoms with Crippen molar-refractivity contribution in [3.63, 3.8) is 0 Å². The van der Waals surface area contributed by atoms with Gasteiger partial charge in [-0.2, -0.15) is 0 Å². The predicted octanol–water partition coefficient (Wildman–Crippen LogP) is 5.90. The van der Waals surface area contributed by atoms with Crippen molar-refractivity contribution in [2.45, 2.75) is 51.2 Å². The second kappa shape index (κ2) is 9.30. The molecule has 25 heavy (non-hydrogen) atoms. The minimum absolute atomic E-state index is 0.0693. The fourth-order valence-electron chi connectivity index (χ4n) is 3.59. The van der Waals surface area contributed by atoms with E-state index in [1.54, 1.807) is 6.08 Å². The van der Waals surface area contributed by atoms with E-state index < -0.39 is 0 Å². The van der Waals surface area contributed by atoms with E-state index in [1.807, 2.05) is 6.08 Å². The highest BCUT2D eigenvalue weighted by atomic mass is 19.1. The number of hydrogen-bond acceptors (Lipinski definition) is 2. The molecule has 1 aromatic carbocycles. The lowest BCUT2D eigenvalue weighted by atomic mass is 9.88. The third-order valence-corrected chi connectivity index (χ3v) is 5.30. The van der Waals surface area contributed by atoms with Crippen LogP contribution >= 0.6 is 0 Å². The van der Waals surface area contributed by atoms with E-state index in [1.165, 1.54) is 5.56 Å². The van der Waals surface area contributed by atoms with Crippen molar-refractivity contribution in [2.24, 2.45) is 11.8 Å². The van der Waals surface area contributed by atoms with Gasteiger partial charge in [-0.3, -0.25) is 0 Å². The highest BCUT2D eigenvalue weighted by Crippen LogP contribution is 2.29. The molecule has 1 saturated heterocycles. The van der Waals surface area contributed by atoms with Gasteiger partial charge in [0.05, 0.1) is 19.0 Å². The van der Waals surface area contributed by atoms with Crippen molar-refractivity contribution >= 4 is 0 Å². The Morgan fingerprint density at radius 1 is 1.08 bits per heavy atom. The van der Waals surface area contributed by atoms with Crippen LogP contribution in [0.2, 0.25) is 0 Å². The normalized spacial score (nSPS) is 26.9. The van der Waals surface area contributed by atoms with Crippen LogP contribution in [0, 0.1) is 11.8 Å². The van der Waals surface area contributed by atoms with Gasteiger partial charge in [0.15, 0.2) is 6.29 Å². The zero-order chi connectivity index (χ0) is 17.5. The quantitative estimate of drug-likeness (QED) is 0.573. The van der Waals surface area contributed by atoms with Crippen LogP contribution in [-0.2, 0) is 15.9 Å². The molecule has 136 valence electrons. The number of allylic oxidation sites excluding steroid dienone is 3. The fraction of sp³-hybridized carbons (Fsp3) is 0.545. The molecule has 0 saturated carbocycles. The molecule has 0 bridgehead atoms. The maximum atomic E-state index is 13.1. The van der Waals surface area contributed by atoms with Crippen LogP contribution < -0.4 is 0 Å². The van der Waals surface area contributed by atoms with Gasteiger partial charge in [-0.1, -0.05) is 36.4 Å². The Bertz CT molecular complexity index is 570. The minimum Gasteiger partial charge on any atom is -0.348 e. The molecule has 2 aliphatic rings. The molecule has 1 aromatic rings. The summed E-state index contributed by atoms with van der Waals surface area (Å²) in [6.07, 6.45) is 10.2. The van der Waals surface area contributed by atoms with Gasteiger partial charge in [0.25, 0.3) is 0 Å². The number of hydrogen-bond donors (Lipinski definition) is 0. The minimum atomic E-state index is -0.236. The number of halogens is 1. The van der Waals surface area contributed by atoms with Gasteiger partial charge >= 0.3 is 0 Å². The largest absolute Gasteiger partial charge is 0.348 e. The van der Waals surface area contributed by atoms with Crippen molar-refractivity contribution in [3.8, 4) is 0 Å². The van der Waals surface area contributed by atoms with E-state index in [0.717, 1.165) is 57.3 Å². The average molecular weight is 344 g/mol. The summed E-state index contributed by atoms with van der Waals surface area (Å²) in [6.45, 7) is 5.27. The molecule has 3 rings (SSSR count). The molecule has 1 atom stereocenters. The lowest BCUT2D eigenvalue weighted by molar-refractivity contribution is -0.205. The summed E-state index contributed by atoms with van der Waals surface area (Å²) in [5.74, 6) is 1.17. The van der Waals surface area contributed by atoms with E-state index in [2.05, 4.69) is 30.8 Å². The molecule has 1 aliphatic carbocycles.